The molecule has 0 aliphatic heterocycles. The van der Waals surface area contributed by atoms with Gasteiger partial charge in [0.15, 0.2) is 6.10 Å². The van der Waals surface area contributed by atoms with E-state index in [1.165, 1.54) is 154 Å². The van der Waals surface area contributed by atoms with Crippen molar-refractivity contribution in [3.05, 3.63) is 72.9 Å². The van der Waals surface area contributed by atoms with Crippen molar-refractivity contribution in [3.63, 3.8) is 0 Å². The molecule has 0 fully saturated rings. The van der Waals surface area contributed by atoms with Gasteiger partial charge in [-0.3, -0.25) is 18.6 Å². The maximum atomic E-state index is 12.7. The first-order valence-corrected chi connectivity index (χ1v) is 30.9. The summed E-state index contributed by atoms with van der Waals surface area (Å²) in [7, 11) is -4.39. The van der Waals surface area contributed by atoms with Crippen LogP contribution in [0.4, 0.5) is 0 Å². The number of unbranched alkanes of at least 4 members (excludes halogenated alkanes) is 30. The van der Waals surface area contributed by atoms with E-state index in [2.05, 4.69) is 86.8 Å². The van der Waals surface area contributed by atoms with Crippen LogP contribution < -0.4 is 5.73 Å². The second kappa shape index (κ2) is 56.7. The van der Waals surface area contributed by atoms with Crippen molar-refractivity contribution in [1.82, 2.24) is 0 Å². The van der Waals surface area contributed by atoms with Crippen LogP contribution in [0.2, 0.25) is 0 Å². The molecule has 0 aliphatic carbocycles. The number of rotatable bonds is 55. The van der Waals surface area contributed by atoms with Gasteiger partial charge in [-0.05, 0) is 83.5 Å². The number of allylic oxidation sites excluding steroid dienone is 12. The molecular formula is C61H110NO8P. The molecule has 0 aromatic carbocycles. The summed E-state index contributed by atoms with van der Waals surface area (Å²) in [5, 5.41) is 0. The number of esters is 2. The summed E-state index contributed by atoms with van der Waals surface area (Å²) in [6, 6.07) is 0. The lowest BCUT2D eigenvalue weighted by Gasteiger charge is -2.19. The van der Waals surface area contributed by atoms with Crippen LogP contribution in [-0.4, -0.2) is 49.3 Å². The standard InChI is InChI=1S/C61H110NO8P/c1-3-5-7-9-11-13-15-17-19-21-22-23-24-25-26-27-28-29-30-31-32-33-34-35-36-38-40-42-44-46-48-50-52-54-61(64)70-59(58-69-71(65,66)68-56-55-62)57-67-60(63)53-51-49-47-45-43-41-39-37-20-18-16-14-12-10-8-6-4-2/h5,7,11-14,17-20,22-23,59H,3-4,6,8-10,15-16,21,24-58,62H2,1-2H3,(H,65,66)/b7-5-,13-11-,14-12-,19-17-,20-18-,23-22-. The van der Waals surface area contributed by atoms with Crippen molar-refractivity contribution in [1.29, 1.82) is 0 Å². The molecule has 3 N–H and O–H groups in total. The third-order valence-electron chi connectivity index (χ3n) is 12.6. The number of hydrogen-bond acceptors (Lipinski definition) is 8. The third-order valence-corrected chi connectivity index (χ3v) is 13.6. The number of phosphoric acid groups is 1. The van der Waals surface area contributed by atoms with Crippen molar-refractivity contribution >= 4 is 19.8 Å². The van der Waals surface area contributed by atoms with Gasteiger partial charge in [0.2, 0.25) is 0 Å². The Morgan fingerprint density at radius 3 is 1.15 bits per heavy atom. The minimum absolute atomic E-state index is 0.0514. The highest BCUT2D eigenvalue weighted by molar-refractivity contribution is 7.47. The zero-order chi connectivity index (χ0) is 51.7. The van der Waals surface area contributed by atoms with Crippen LogP contribution in [0.15, 0.2) is 72.9 Å². The SMILES string of the molecule is CC/C=C\C/C=C\C/C=C\C/C=C\CCCCCCCCCCCCCCCCCCCCCCC(=O)OC(COC(=O)CCCCCCCCC/C=C\C/C=C\CCCCC)COP(=O)(O)OCCN. The number of phosphoric ester groups is 1. The second-order valence-corrected chi connectivity index (χ2v) is 20.9. The van der Waals surface area contributed by atoms with Crippen molar-refractivity contribution < 1.29 is 37.6 Å². The topological polar surface area (TPSA) is 134 Å². The number of ether oxygens (including phenoxy) is 2. The predicted molar refractivity (Wildman–Crippen MR) is 302 cm³/mol. The molecule has 2 atom stereocenters. The summed E-state index contributed by atoms with van der Waals surface area (Å²) in [6.07, 6.45) is 72.5. The lowest BCUT2D eigenvalue weighted by Crippen LogP contribution is -2.29. The second-order valence-electron chi connectivity index (χ2n) is 19.5. The summed E-state index contributed by atoms with van der Waals surface area (Å²) >= 11 is 0. The Hall–Kier alpha value is -2.55. The molecule has 0 saturated carbocycles. The molecule has 0 amide bonds. The number of carbonyl (C=O) groups excluding carboxylic acids is 2. The van der Waals surface area contributed by atoms with Gasteiger partial charge in [-0.1, -0.05) is 247 Å². The lowest BCUT2D eigenvalue weighted by atomic mass is 10.0. The zero-order valence-corrected chi connectivity index (χ0v) is 46.8. The largest absolute Gasteiger partial charge is 0.472 e. The van der Waals surface area contributed by atoms with Crippen LogP contribution in [0.1, 0.15) is 271 Å². The van der Waals surface area contributed by atoms with Gasteiger partial charge in [0.05, 0.1) is 13.2 Å². The van der Waals surface area contributed by atoms with Crippen LogP contribution in [0.25, 0.3) is 0 Å². The van der Waals surface area contributed by atoms with Gasteiger partial charge in [0.25, 0.3) is 0 Å². The van der Waals surface area contributed by atoms with Crippen LogP contribution in [0.3, 0.4) is 0 Å². The Morgan fingerprint density at radius 1 is 0.437 bits per heavy atom. The minimum Gasteiger partial charge on any atom is -0.462 e. The predicted octanol–water partition coefficient (Wildman–Crippen LogP) is 18.5. The molecule has 71 heavy (non-hydrogen) atoms. The number of nitrogens with two attached hydrogens (primary N) is 1. The maximum absolute atomic E-state index is 12.7. The van der Waals surface area contributed by atoms with E-state index in [-0.39, 0.29) is 38.6 Å². The molecular weight excluding hydrogens is 906 g/mol. The first-order chi connectivity index (χ1) is 34.8. The molecule has 2 unspecified atom stereocenters. The van der Waals surface area contributed by atoms with Crippen molar-refractivity contribution in [2.45, 2.75) is 277 Å². The van der Waals surface area contributed by atoms with E-state index in [1.54, 1.807) is 0 Å². The van der Waals surface area contributed by atoms with Gasteiger partial charge < -0.3 is 20.1 Å². The van der Waals surface area contributed by atoms with E-state index in [9.17, 15) is 19.0 Å². The molecule has 0 heterocycles. The quantitative estimate of drug-likeness (QED) is 0.0264. The summed E-state index contributed by atoms with van der Waals surface area (Å²) in [5.41, 5.74) is 5.38. The molecule has 0 radical (unpaired) electrons. The Labute approximate surface area is 437 Å². The van der Waals surface area contributed by atoms with E-state index in [0.29, 0.717) is 6.42 Å². The Bertz CT molecular complexity index is 1390. The van der Waals surface area contributed by atoms with Crippen molar-refractivity contribution in [2.24, 2.45) is 5.73 Å². The Kier molecular flexibility index (Phi) is 54.7. The van der Waals surface area contributed by atoms with Crippen molar-refractivity contribution in [3.8, 4) is 0 Å². The zero-order valence-electron chi connectivity index (χ0n) is 45.9. The first kappa shape index (κ1) is 68.5. The molecule has 0 spiro atoms. The summed E-state index contributed by atoms with van der Waals surface area (Å²) < 4.78 is 33.0. The Balaban J connectivity index is 3.88. The molecule has 0 aromatic heterocycles. The van der Waals surface area contributed by atoms with Gasteiger partial charge >= 0.3 is 19.8 Å². The van der Waals surface area contributed by atoms with Gasteiger partial charge in [-0.25, -0.2) is 4.57 Å². The van der Waals surface area contributed by atoms with Gasteiger partial charge in [0.1, 0.15) is 6.61 Å². The van der Waals surface area contributed by atoms with Crippen LogP contribution in [0, 0.1) is 0 Å². The summed E-state index contributed by atoms with van der Waals surface area (Å²) in [6.45, 7) is 3.62. The minimum atomic E-state index is -4.39. The van der Waals surface area contributed by atoms with Crippen LogP contribution in [0.5, 0.6) is 0 Å². The van der Waals surface area contributed by atoms with E-state index < -0.39 is 26.5 Å². The maximum Gasteiger partial charge on any atom is 0.472 e. The monoisotopic (exact) mass is 1020 g/mol. The lowest BCUT2D eigenvalue weighted by molar-refractivity contribution is -0.161. The average Bonchev–Trinajstić information content (AvgIpc) is 3.36. The fraction of sp³-hybridized carbons (Fsp3) is 0.770. The highest BCUT2D eigenvalue weighted by atomic mass is 31.2. The fourth-order valence-electron chi connectivity index (χ4n) is 8.25. The molecule has 0 rings (SSSR count). The van der Waals surface area contributed by atoms with E-state index in [0.717, 1.165) is 83.5 Å². The molecule has 0 bridgehead atoms. The summed E-state index contributed by atoms with van der Waals surface area (Å²) in [5.74, 6) is -0.829. The first-order valence-electron chi connectivity index (χ1n) is 29.4. The molecule has 0 aromatic rings. The van der Waals surface area contributed by atoms with E-state index in [1.807, 2.05) is 0 Å². The van der Waals surface area contributed by atoms with E-state index >= 15 is 0 Å². The van der Waals surface area contributed by atoms with E-state index in [4.69, 9.17) is 24.3 Å². The molecule has 412 valence electrons. The molecule has 9 nitrogen and oxygen atoms in total. The van der Waals surface area contributed by atoms with Crippen LogP contribution >= 0.6 is 7.82 Å². The third kappa shape index (κ3) is 56.6. The van der Waals surface area contributed by atoms with Gasteiger partial charge in [-0.15, -0.1) is 0 Å². The molecule has 0 saturated heterocycles. The number of carbonyl (C=O) groups is 2. The molecule has 10 heteroatoms. The molecule has 0 aliphatic rings. The normalized spacial score (nSPS) is 13.6. The summed E-state index contributed by atoms with van der Waals surface area (Å²) in [4.78, 5) is 35.2. The smallest absolute Gasteiger partial charge is 0.462 e. The highest BCUT2D eigenvalue weighted by Crippen LogP contribution is 2.43. The number of hydrogen-bond donors (Lipinski definition) is 2. The average molecular weight is 1020 g/mol. The Morgan fingerprint density at radius 2 is 0.775 bits per heavy atom. The van der Waals surface area contributed by atoms with Gasteiger partial charge in [-0.2, -0.15) is 0 Å². The highest BCUT2D eigenvalue weighted by Gasteiger charge is 2.26. The fourth-order valence-corrected chi connectivity index (χ4v) is 9.01. The van der Waals surface area contributed by atoms with Gasteiger partial charge in [0, 0.05) is 19.4 Å². The van der Waals surface area contributed by atoms with Crippen molar-refractivity contribution in [2.75, 3.05) is 26.4 Å². The van der Waals surface area contributed by atoms with Crippen LogP contribution in [-0.2, 0) is 32.7 Å².